The molecular weight excluding hydrogens is 360 g/mol. The molecule has 1 aliphatic carbocycles. The van der Waals surface area contributed by atoms with Gasteiger partial charge in [0.15, 0.2) is 0 Å². The molecule has 6 nitrogen and oxygen atoms in total. The lowest BCUT2D eigenvalue weighted by Gasteiger charge is -2.37. The molecule has 1 aromatic heterocycles. The second-order valence-electron chi connectivity index (χ2n) is 7.84. The van der Waals surface area contributed by atoms with Gasteiger partial charge in [-0.3, -0.25) is 4.72 Å². The van der Waals surface area contributed by atoms with Crippen LogP contribution in [0.2, 0.25) is 0 Å². The summed E-state index contributed by atoms with van der Waals surface area (Å²) in [6.45, 7) is 3.36. The molecule has 0 unspecified atom stereocenters. The second kappa shape index (κ2) is 8.02. The molecule has 0 bridgehead atoms. The first-order valence-corrected chi connectivity index (χ1v) is 11.5. The lowest BCUT2D eigenvalue weighted by molar-refractivity contribution is 0.131. The molecule has 27 heavy (non-hydrogen) atoms. The van der Waals surface area contributed by atoms with Gasteiger partial charge in [-0.1, -0.05) is 36.8 Å². The zero-order valence-electron chi connectivity index (χ0n) is 15.6. The first kappa shape index (κ1) is 18.5. The van der Waals surface area contributed by atoms with Crippen molar-refractivity contribution >= 4 is 15.8 Å². The SMILES string of the molecule is O=S(=O)(Cc1ccccc1)Nc1ccnn1C1CCN(CC2CCC2)CC1. The van der Waals surface area contributed by atoms with Crippen LogP contribution >= 0.6 is 0 Å². The van der Waals surface area contributed by atoms with E-state index < -0.39 is 10.0 Å². The number of sulfonamides is 1. The van der Waals surface area contributed by atoms with Gasteiger partial charge in [-0.15, -0.1) is 0 Å². The third-order valence-corrected chi connectivity index (χ3v) is 7.01. The van der Waals surface area contributed by atoms with Crippen LogP contribution in [0.15, 0.2) is 42.6 Å². The average Bonchev–Trinajstić information content (AvgIpc) is 3.06. The van der Waals surface area contributed by atoms with Crippen LogP contribution < -0.4 is 4.72 Å². The van der Waals surface area contributed by atoms with Crippen LogP contribution in [0.3, 0.4) is 0 Å². The van der Waals surface area contributed by atoms with Crippen LogP contribution in [0.1, 0.15) is 43.7 Å². The van der Waals surface area contributed by atoms with E-state index in [1.54, 1.807) is 12.3 Å². The molecule has 0 amide bonds. The van der Waals surface area contributed by atoms with Crippen LogP contribution in [-0.2, 0) is 15.8 Å². The van der Waals surface area contributed by atoms with Crippen molar-refractivity contribution in [3.63, 3.8) is 0 Å². The molecule has 1 aromatic carbocycles. The molecule has 0 spiro atoms. The number of aromatic nitrogens is 2. The van der Waals surface area contributed by atoms with E-state index in [9.17, 15) is 8.42 Å². The standard InChI is InChI=1S/C20H28N4O2S/c25-27(26,16-18-5-2-1-3-6-18)22-20-9-12-21-24(20)19-10-13-23(14-11-19)15-17-7-4-8-17/h1-3,5-6,9,12,17,19,22H,4,7-8,10-11,13-16H2. The monoisotopic (exact) mass is 388 g/mol. The van der Waals surface area contributed by atoms with E-state index in [0.717, 1.165) is 37.4 Å². The minimum Gasteiger partial charge on any atom is -0.303 e. The Kier molecular flexibility index (Phi) is 5.50. The van der Waals surface area contributed by atoms with E-state index in [0.29, 0.717) is 5.82 Å². The van der Waals surface area contributed by atoms with Gasteiger partial charge in [0.1, 0.15) is 5.82 Å². The molecule has 2 aromatic rings. The molecular formula is C20H28N4O2S. The van der Waals surface area contributed by atoms with E-state index in [4.69, 9.17) is 0 Å². The third kappa shape index (κ3) is 4.71. The number of hydrogen-bond acceptors (Lipinski definition) is 4. The van der Waals surface area contributed by atoms with Gasteiger partial charge in [0.05, 0.1) is 18.0 Å². The van der Waals surface area contributed by atoms with Crippen molar-refractivity contribution in [3.8, 4) is 0 Å². The summed E-state index contributed by atoms with van der Waals surface area (Å²) in [6, 6.07) is 11.3. The third-order valence-electron chi connectivity index (χ3n) is 5.77. The number of nitrogens with zero attached hydrogens (tertiary/aromatic N) is 3. The highest BCUT2D eigenvalue weighted by Gasteiger charge is 2.27. The van der Waals surface area contributed by atoms with Gasteiger partial charge in [-0.25, -0.2) is 13.1 Å². The Morgan fingerprint density at radius 2 is 1.78 bits per heavy atom. The molecule has 0 atom stereocenters. The molecule has 1 saturated heterocycles. The van der Waals surface area contributed by atoms with E-state index in [1.165, 1.54) is 25.8 Å². The molecule has 146 valence electrons. The molecule has 2 aliphatic rings. The average molecular weight is 389 g/mol. The number of benzene rings is 1. The van der Waals surface area contributed by atoms with Crippen molar-refractivity contribution in [1.82, 2.24) is 14.7 Å². The van der Waals surface area contributed by atoms with Crippen molar-refractivity contribution in [1.29, 1.82) is 0 Å². The maximum atomic E-state index is 12.6. The van der Waals surface area contributed by atoms with E-state index >= 15 is 0 Å². The Bertz CT molecular complexity index is 838. The number of hydrogen-bond donors (Lipinski definition) is 1. The van der Waals surface area contributed by atoms with Crippen LogP contribution in [0.25, 0.3) is 0 Å². The van der Waals surface area contributed by atoms with Crippen molar-refractivity contribution in [3.05, 3.63) is 48.2 Å². The van der Waals surface area contributed by atoms with Gasteiger partial charge in [0.25, 0.3) is 0 Å². The van der Waals surface area contributed by atoms with E-state index in [-0.39, 0.29) is 11.8 Å². The fourth-order valence-electron chi connectivity index (χ4n) is 4.06. The Balaban J connectivity index is 1.36. The smallest absolute Gasteiger partial charge is 0.238 e. The predicted octanol–water partition coefficient (Wildman–Crippen LogP) is 3.26. The maximum absolute atomic E-state index is 12.6. The fraction of sp³-hybridized carbons (Fsp3) is 0.550. The highest BCUT2D eigenvalue weighted by atomic mass is 32.2. The molecule has 0 radical (unpaired) electrons. The van der Waals surface area contributed by atoms with Crippen molar-refractivity contribution in [2.24, 2.45) is 5.92 Å². The summed E-state index contributed by atoms with van der Waals surface area (Å²) in [5.41, 5.74) is 0.778. The highest BCUT2D eigenvalue weighted by Crippen LogP contribution is 2.30. The molecule has 1 N–H and O–H groups in total. The van der Waals surface area contributed by atoms with Crippen LogP contribution in [0.4, 0.5) is 5.82 Å². The summed E-state index contributed by atoms with van der Waals surface area (Å²) < 4.78 is 29.7. The minimum atomic E-state index is -3.46. The number of likely N-dealkylation sites (tertiary alicyclic amines) is 1. The topological polar surface area (TPSA) is 67.2 Å². The van der Waals surface area contributed by atoms with Crippen LogP contribution in [0.5, 0.6) is 0 Å². The van der Waals surface area contributed by atoms with E-state index in [1.807, 2.05) is 35.0 Å². The lowest BCUT2D eigenvalue weighted by atomic mass is 9.84. The normalized spacial score (nSPS) is 19.7. The molecule has 1 aliphatic heterocycles. The van der Waals surface area contributed by atoms with Crippen molar-refractivity contribution < 1.29 is 8.42 Å². The van der Waals surface area contributed by atoms with Gasteiger partial charge < -0.3 is 4.90 Å². The molecule has 1 saturated carbocycles. The van der Waals surface area contributed by atoms with Gasteiger partial charge in [-0.2, -0.15) is 5.10 Å². The van der Waals surface area contributed by atoms with Crippen molar-refractivity contribution in [2.45, 2.75) is 43.9 Å². The first-order chi connectivity index (χ1) is 13.1. The van der Waals surface area contributed by atoms with Gasteiger partial charge >= 0.3 is 0 Å². The Morgan fingerprint density at radius 3 is 2.44 bits per heavy atom. The summed E-state index contributed by atoms with van der Waals surface area (Å²) in [6.07, 6.45) is 7.87. The molecule has 4 rings (SSSR count). The summed E-state index contributed by atoms with van der Waals surface area (Å²) in [5.74, 6) is 1.44. The Hall–Kier alpha value is -1.86. The lowest BCUT2D eigenvalue weighted by Crippen LogP contribution is -2.39. The van der Waals surface area contributed by atoms with Crippen molar-refractivity contribution in [2.75, 3.05) is 24.4 Å². The highest BCUT2D eigenvalue weighted by molar-refractivity contribution is 7.91. The van der Waals surface area contributed by atoms with Gasteiger partial charge in [-0.05, 0) is 37.2 Å². The Morgan fingerprint density at radius 1 is 1.04 bits per heavy atom. The molecule has 7 heteroatoms. The zero-order valence-corrected chi connectivity index (χ0v) is 16.4. The zero-order chi connectivity index (χ0) is 18.7. The summed E-state index contributed by atoms with van der Waals surface area (Å²) in [7, 11) is -3.46. The molecule has 2 heterocycles. The number of anilines is 1. The van der Waals surface area contributed by atoms with Crippen LogP contribution in [0, 0.1) is 5.92 Å². The number of nitrogens with one attached hydrogen (secondary N) is 1. The number of piperidine rings is 1. The fourth-order valence-corrected chi connectivity index (χ4v) is 5.25. The summed E-state index contributed by atoms with van der Waals surface area (Å²) >= 11 is 0. The van der Waals surface area contributed by atoms with Gasteiger partial charge in [0, 0.05) is 25.7 Å². The number of rotatable bonds is 7. The molecule has 2 fully saturated rings. The Labute approximate surface area is 161 Å². The van der Waals surface area contributed by atoms with Crippen LogP contribution in [-0.4, -0.2) is 42.7 Å². The van der Waals surface area contributed by atoms with Gasteiger partial charge in [0.2, 0.25) is 10.0 Å². The quantitative estimate of drug-likeness (QED) is 0.791. The maximum Gasteiger partial charge on any atom is 0.238 e. The largest absolute Gasteiger partial charge is 0.303 e. The first-order valence-electron chi connectivity index (χ1n) is 9.89. The minimum absolute atomic E-state index is 0.0289. The predicted molar refractivity (Wildman–Crippen MR) is 107 cm³/mol. The van der Waals surface area contributed by atoms with E-state index in [2.05, 4.69) is 14.7 Å². The summed E-state index contributed by atoms with van der Waals surface area (Å²) in [4.78, 5) is 2.56. The second-order valence-corrected chi connectivity index (χ2v) is 9.56. The summed E-state index contributed by atoms with van der Waals surface area (Å²) in [5, 5.41) is 4.42.